The van der Waals surface area contributed by atoms with E-state index in [0.717, 1.165) is 5.57 Å². The number of β-lactam (4-membered cyclic amide) rings is 1. The fourth-order valence-electron chi connectivity index (χ4n) is 1.25. The number of esters is 1. The molecule has 1 aliphatic heterocycles. The first-order valence-corrected chi connectivity index (χ1v) is 4.14. The highest BCUT2D eigenvalue weighted by atomic mass is 16.5. The molecule has 72 valence electrons. The molecule has 1 N–H and O–H groups in total. The molecule has 1 aliphatic rings. The molecule has 1 amide bonds. The van der Waals surface area contributed by atoms with Gasteiger partial charge >= 0.3 is 5.97 Å². The molecule has 1 rings (SSSR count). The molecule has 0 bridgehead atoms. The smallest absolute Gasteiger partial charge is 0.309 e. The fraction of sp³-hybridized carbons (Fsp3) is 0.556. The third kappa shape index (κ3) is 2.89. The van der Waals surface area contributed by atoms with Gasteiger partial charge in [0.15, 0.2) is 0 Å². The van der Waals surface area contributed by atoms with Crippen molar-refractivity contribution >= 4 is 11.9 Å². The fourth-order valence-corrected chi connectivity index (χ4v) is 1.25. The summed E-state index contributed by atoms with van der Waals surface area (Å²) >= 11 is 0. The second kappa shape index (κ2) is 4.07. The number of amides is 1. The molecule has 1 atom stereocenters. The van der Waals surface area contributed by atoms with E-state index in [0.29, 0.717) is 12.8 Å². The summed E-state index contributed by atoms with van der Waals surface area (Å²) in [7, 11) is 1.35. The summed E-state index contributed by atoms with van der Waals surface area (Å²) in [5.41, 5.74) is 0.803. The van der Waals surface area contributed by atoms with Gasteiger partial charge in [-0.2, -0.15) is 0 Å². The zero-order valence-corrected chi connectivity index (χ0v) is 7.63. The molecule has 1 unspecified atom stereocenters. The highest BCUT2D eigenvalue weighted by Crippen LogP contribution is 2.15. The minimum Gasteiger partial charge on any atom is -0.469 e. The zero-order valence-electron chi connectivity index (χ0n) is 7.63. The van der Waals surface area contributed by atoms with Crippen LogP contribution in [0.5, 0.6) is 0 Å². The Balaban J connectivity index is 2.18. The SMILES string of the molecule is C=C(CC(=O)OC)CC1CC(=O)N1. The van der Waals surface area contributed by atoms with Crippen LogP contribution in [0.15, 0.2) is 12.2 Å². The Bertz CT molecular complexity index is 239. The van der Waals surface area contributed by atoms with Gasteiger partial charge in [-0.25, -0.2) is 0 Å². The van der Waals surface area contributed by atoms with Crippen LogP contribution in [0.25, 0.3) is 0 Å². The van der Waals surface area contributed by atoms with E-state index in [1.165, 1.54) is 7.11 Å². The van der Waals surface area contributed by atoms with Gasteiger partial charge in [-0.1, -0.05) is 12.2 Å². The van der Waals surface area contributed by atoms with Crippen molar-refractivity contribution in [1.82, 2.24) is 5.32 Å². The molecule has 0 aliphatic carbocycles. The van der Waals surface area contributed by atoms with Gasteiger partial charge < -0.3 is 10.1 Å². The van der Waals surface area contributed by atoms with Crippen molar-refractivity contribution in [2.45, 2.75) is 25.3 Å². The van der Waals surface area contributed by atoms with E-state index in [-0.39, 0.29) is 24.3 Å². The summed E-state index contributed by atoms with van der Waals surface area (Å²) in [4.78, 5) is 21.3. The quantitative estimate of drug-likeness (QED) is 0.389. The number of hydrogen-bond donors (Lipinski definition) is 1. The van der Waals surface area contributed by atoms with Crippen molar-refractivity contribution in [3.8, 4) is 0 Å². The lowest BCUT2D eigenvalue weighted by molar-refractivity contribution is -0.139. The van der Waals surface area contributed by atoms with Crippen LogP contribution in [0.4, 0.5) is 0 Å². The van der Waals surface area contributed by atoms with Crippen molar-refractivity contribution in [3.63, 3.8) is 0 Å². The standard InChI is InChI=1S/C9H13NO3/c1-6(4-9(12)13-2)3-7-5-8(11)10-7/h7H,1,3-5H2,2H3,(H,10,11). The van der Waals surface area contributed by atoms with Crippen molar-refractivity contribution in [1.29, 1.82) is 0 Å². The van der Waals surface area contributed by atoms with Gasteiger partial charge in [-0.3, -0.25) is 9.59 Å². The molecule has 4 nitrogen and oxygen atoms in total. The first kappa shape index (κ1) is 9.77. The van der Waals surface area contributed by atoms with Crippen molar-refractivity contribution < 1.29 is 14.3 Å². The molecule has 1 fully saturated rings. The average molecular weight is 183 g/mol. The van der Waals surface area contributed by atoms with Gasteiger partial charge in [0.05, 0.1) is 13.5 Å². The Morgan fingerprint density at radius 3 is 2.85 bits per heavy atom. The number of nitrogens with one attached hydrogen (secondary N) is 1. The maximum absolute atomic E-state index is 10.8. The molecular formula is C9H13NO3. The van der Waals surface area contributed by atoms with Gasteiger partial charge in [0.2, 0.25) is 5.91 Å². The lowest BCUT2D eigenvalue weighted by Crippen LogP contribution is -2.48. The summed E-state index contributed by atoms with van der Waals surface area (Å²) in [5, 5.41) is 2.71. The Morgan fingerprint density at radius 1 is 1.77 bits per heavy atom. The topological polar surface area (TPSA) is 55.4 Å². The number of hydrogen-bond acceptors (Lipinski definition) is 3. The van der Waals surface area contributed by atoms with Gasteiger partial charge in [-0.05, 0) is 6.42 Å². The average Bonchev–Trinajstić information content (AvgIpc) is 2.01. The highest BCUT2D eigenvalue weighted by molar-refractivity contribution is 5.83. The third-order valence-corrected chi connectivity index (χ3v) is 1.95. The van der Waals surface area contributed by atoms with Gasteiger partial charge in [0.25, 0.3) is 0 Å². The van der Waals surface area contributed by atoms with Crippen LogP contribution in [-0.2, 0) is 14.3 Å². The zero-order chi connectivity index (χ0) is 9.84. The molecule has 0 aromatic heterocycles. The summed E-state index contributed by atoms with van der Waals surface area (Å²) in [6.07, 6.45) is 1.45. The Hall–Kier alpha value is -1.32. The number of methoxy groups -OCH3 is 1. The van der Waals surface area contributed by atoms with Gasteiger partial charge in [0, 0.05) is 12.5 Å². The molecule has 0 spiro atoms. The van der Waals surface area contributed by atoms with Gasteiger partial charge in [0.1, 0.15) is 0 Å². The number of ether oxygens (including phenoxy) is 1. The number of rotatable bonds is 4. The Morgan fingerprint density at radius 2 is 2.38 bits per heavy atom. The van der Waals surface area contributed by atoms with Crippen molar-refractivity contribution in [2.24, 2.45) is 0 Å². The van der Waals surface area contributed by atoms with Gasteiger partial charge in [-0.15, -0.1) is 0 Å². The van der Waals surface area contributed by atoms with E-state index >= 15 is 0 Å². The Kier molecular flexibility index (Phi) is 3.06. The second-order valence-electron chi connectivity index (χ2n) is 3.18. The summed E-state index contributed by atoms with van der Waals surface area (Å²) in [6.45, 7) is 3.74. The van der Waals surface area contributed by atoms with Crippen molar-refractivity contribution in [2.75, 3.05) is 7.11 Å². The van der Waals surface area contributed by atoms with Crippen LogP contribution in [0, 0.1) is 0 Å². The monoisotopic (exact) mass is 183 g/mol. The Labute approximate surface area is 76.9 Å². The number of carbonyl (C=O) groups excluding carboxylic acids is 2. The third-order valence-electron chi connectivity index (χ3n) is 1.95. The molecule has 0 saturated carbocycles. The predicted molar refractivity (Wildman–Crippen MR) is 46.9 cm³/mol. The normalized spacial score (nSPS) is 20.1. The van der Waals surface area contributed by atoms with Crippen LogP contribution < -0.4 is 5.32 Å². The minimum atomic E-state index is -0.282. The number of carbonyl (C=O) groups is 2. The lowest BCUT2D eigenvalue weighted by atomic mass is 9.97. The molecule has 4 heteroatoms. The second-order valence-corrected chi connectivity index (χ2v) is 3.18. The van der Waals surface area contributed by atoms with Crippen LogP contribution >= 0.6 is 0 Å². The maximum atomic E-state index is 10.8. The summed E-state index contributed by atoms with van der Waals surface area (Å²) in [6, 6.07) is 0.171. The van der Waals surface area contributed by atoms with E-state index in [9.17, 15) is 9.59 Å². The van der Waals surface area contributed by atoms with Crippen LogP contribution in [0.1, 0.15) is 19.3 Å². The highest BCUT2D eigenvalue weighted by Gasteiger charge is 2.25. The molecule has 0 aromatic carbocycles. The van der Waals surface area contributed by atoms with Crippen LogP contribution in [0.3, 0.4) is 0 Å². The summed E-state index contributed by atoms with van der Waals surface area (Å²) in [5.74, 6) is -0.216. The van der Waals surface area contributed by atoms with Crippen LogP contribution in [0.2, 0.25) is 0 Å². The predicted octanol–water partition coefficient (Wildman–Crippen LogP) is 0.384. The van der Waals surface area contributed by atoms with Crippen molar-refractivity contribution in [3.05, 3.63) is 12.2 Å². The molecule has 0 radical (unpaired) electrons. The first-order chi connectivity index (χ1) is 6.11. The lowest BCUT2D eigenvalue weighted by Gasteiger charge is -2.27. The molecule has 13 heavy (non-hydrogen) atoms. The molecular weight excluding hydrogens is 170 g/mol. The largest absolute Gasteiger partial charge is 0.469 e. The van der Waals surface area contributed by atoms with E-state index < -0.39 is 0 Å². The van der Waals surface area contributed by atoms with E-state index in [4.69, 9.17) is 0 Å². The molecule has 1 heterocycles. The van der Waals surface area contributed by atoms with Crippen LogP contribution in [-0.4, -0.2) is 25.0 Å². The van der Waals surface area contributed by atoms with E-state index in [1.54, 1.807) is 0 Å². The van der Waals surface area contributed by atoms with E-state index in [1.807, 2.05) is 0 Å². The molecule has 1 saturated heterocycles. The van der Waals surface area contributed by atoms with E-state index in [2.05, 4.69) is 16.6 Å². The minimum absolute atomic E-state index is 0.0656. The maximum Gasteiger partial charge on any atom is 0.309 e. The molecule has 0 aromatic rings. The first-order valence-electron chi connectivity index (χ1n) is 4.14. The summed E-state index contributed by atoms with van der Waals surface area (Å²) < 4.78 is 4.49.